The third-order valence-corrected chi connectivity index (χ3v) is 6.36. The second kappa shape index (κ2) is 9.10. The van der Waals surface area contributed by atoms with Gasteiger partial charge >= 0.3 is 0 Å². The lowest BCUT2D eigenvalue weighted by Gasteiger charge is -2.37. The van der Waals surface area contributed by atoms with Gasteiger partial charge in [0.05, 0.1) is 23.6 Å². The van der Waals surface area contributed by atoms with Crippen LogP contribution in [0, 0.1) is 13.8 Å². The number of fused-ring (bicyclic) bond motifs is 1. The number of hydrogen-bond acceptors (Lipinski definition) is 6. The number of rotatable bonds is 6. The Kier molecular flexibility index (Phi) is 6.25. The molecule has 0 fully saturated rings. The minimum atomic E-state index is -0.454. The Labute approximate surface area is 191 Å². The van der Waals surface area contributed by atoms with E-state index < -0.39 is 6.17 Å². The van der Waals surface area contributed by atoms with Crippen LogP contribution in [0.3, 0.4) is 0 Å². The third kappa shape index (κ3) is 3.99. The normalized spacial score (nSPS) is 15.3. The highest BCUT2D eigenvalue weighted by atomic mass is 32.1. The summed E-state index contributed by atoms with van der Waals surface area (Å²) in [5, 5.41) is 5.91. The molecule has 0 radical (unpaired) electrons. The van der Waals surface area contributed by atoms with Gasteiger partial charge in [-0.1, -0.05) is 30.3 Å². The monoisotopic (exact) mass is 450 g/mol. The summed E-state index contributed by atoms with van der Waals surface area (Å²) in [6, 6.07) is 13.4. The van der Waals surface area contributed by atoms with E-state index in [-0.39, 0.29) is 11.8 Å². The summed E-state index contributed by atoms with van der Waals surface area (Å²) in [5.74, 6) is -0.188. The molecule has 0 unspecified atom stereocenters. The molecule has 1 aliphatic heterocycles. The third-order valence-electron chi connectivity index (χ3n) is 5.52. The van der Waals surface area contributed by atoms with Crippen LogP contribution < -0.4 is 10.2 Å². The van der Waals surface area contributed by atoms with Gasteiger partial charge in [-0.3, -0.25) is 14.5 Å². The van der Waals surface area contributed by atoms with Gasteiger partial charge in [-0.05, 0) is 37.1 Å². The largest absolute Gasteiger partial charge is 0.383 e. The van der Waals surface area contributed by atoms with Crippen LogP contribution >= 0.6 is 11.3 Å². The first kappa shape index (κ1) is 22.0. The van der Waals surface area contributed by atoms with Crippen LogP contribution in [0.4, 0.5) is 16.5 Å². The zero-order valence-electron chi connectivity index (χ0n) is 18.6. The van der Waals surface area contributed by atoms with E-state index in [9.17, 15) is 9.59 Å². The first-order chi connectivity index (χ1) is 15.4. The topological polar surface area (TPSA) is 74.8 Å². The molecule has 2 heterocycles. The maximum atomic E-state index is 13.2. The van der Waals surface area contributed by atoms with Gasteiger partial charge < -0.3 is 15.0 Å². The fraction of sp³-hybridized carbons (Fsp3) is 0.292. The Morgan fingerprint density at radius 2 is 1.91 bits per heavy atom. The lowest BCUT2D eigenvalue weighted by molar-refractivity contribution is -0.115. The van der Waals surface area contributed by atoms with Gasteiger partial charge in [0.2, 0.25) is 5.91 Å². The number of nitrogens with zero attached hydrogens (tertiary/aromatic N) is 3. The number of para-hydroxylation sites is 2. The molecule has 0 saturated carbocycles. The van der Waals surface area contributed by atoms with Crippen LogP contribution in [0.2, 0.25) is 0 Å². The summed E-state index contributed by atoms with van der Waals surface area (Å²) in [5.41, 5.74) is 4.91. The van der Waals surface area contributed by atoms with Gasteiger partial charge in [0.1, 0.15) is 6.17 Å². The lowest BCUT2D eigenvalue weighted by atomic mass is 10.1. The molecule has 0 spiro atoms. The van der Waals surface area contributed by atoms with Crippen LogP contribution in [0.5, 0.6) is 0 Å². The molecule has 3 aromatic rings. The van der Waals surface area contributed by atoms with E-state index in [4.69, 9.17) is 9.72 Å². The van der Waals surface area contributed by atoms with E-state index in [1.807, 2.05) is 61.7 Å². The maximum Gasteiger partial charge on any atom is 0.257 e. The van der Waals surface area contributed by atoms with Crippen molar-refractivity contribution < 1.29 is 14.3 Å². The molecule has 1 N–H and O–H groups in total. The average Bonchev–Trinajstić information content (AvgIpc) is 3.24. The zero-order valence-corrected chi connectivity index (χ0v) is 19.4. The molecule has 0 aliphatic carbocycles. The summed E-state index contributed by atoms with van der Waals surface area (Å²) in [4.78, 5) is 34.0. The molecule has 32 heavy (non-hydrogen) atoms. The SMILES string of the molecule is COCCN1C(=O)c2ccccc2N[C@@H]1c1csc(N(C(C)=O)c2c(C)cccc2C)n1. The molecule has 0 saturated heterocycles. The van der Waals surface area contributed by atoms with Crippen molar-refractivity contribution in [2.24, 2.45) is 0 Å². The number of amides is 2. The van der Waals surface area contributed by atoms with E-state index in [0.717, 1.165) is 22.5 Å². The molecule has 0 bridgehead atoms. The number of aryl methyl sites for hydroxylation is 2. The van der Waals surface area contributed by atoms with Crippen molar-refractivity contribution in [1.29, 1.82) is 0 Å². The van der Waals surface area contributed by atoms with Crippen LogP contribution in [0.15, 0.2) is 47.8 Å². The zero-order chi connectivity index (χ0) is 22.8. The Morgan fingerprint density at radius 1 is 1.19 bits per heavy atom. The summed E-state index contributed by atoms with van der Waals surface area (Å²) in [6.45, 7) is 6.33. The number of aromatic nitrogens is 1. The highest BCUT2D eigenvalue weighted by Gasteiger charge is 2.34. The minimum Gasteiger partial charge on any atom is -0.383 e. The molecule has 2 aromatic carbocycles. The van der Waals surface area contributed by atoms with E-state index in [1.165, 1.54) is 18.3 Å². The first-order valence-corrected chi connectivity index (χ1v) is 11.3. The molecular formula is C24H26N4O3S. The molecule has 166 valence electrons. The standard InChI is InChI=1S/C24H26N4O3S/c1-15-8-7-9-16(2)21(15)28(17(3)29)24-26-20(14-32-24)22-25-19-11-6-5-10-18(19)23(30)27(22)12-13-31-4/h5-11,14,22,25H,12-13H2,1-4H3/t22-/m0/s1. The van der Waals surface area contributed by atoms with E-state index in [2.05, 4.69) is 5.32 Å². The highest BCUT2D eigenvalue weighted by Crippen LogP contribution is 2.38. The van der Waals surface area contributed by atoms with Crippen LogP contribution in [-0.4, -0.2) is 42.0 Å². The van der Waals surface area contributed by atoms with Crippen LogP contribution in [0.1, 0.15) is 40.3 Å². The maximum absolute atomic E-state index is 13.2. The second-order valence-electron chi connectivity index (χ2n) is 7.73. The Hall–Kier alpha value is -3.23. The van der Waals surface area contributed by atoms with Crippen molar-refractivity contribution in [1.82, 2.24) is 9.88 Å². The summed E-state index contributed by atoms with van der Waals surface area (Å²) in [6.07, 6.45) is -0.454. The van der Waals surface area contributed by atoms with Gasteiger partial charge in [-0.2, -0.15) is 0 Å². The summed E-state index contributed by atoms with van der Waals surface area (Å²) in [7, 11) is 1.61. The number of benzene rings is 2. The lowest BCUT2D eigenvalue weighted by Crippen LogP contribution is -2.44. The van der Waals surface area contributed by atoms with Crippen molar-refractivity contribution in [3.8, 4) is 0 Å². The molecule has 7 nitrogen and oxygen atoms in total. The van der Waals surface area contributed by atoms with E-state index in [0.29, 0.717) is 29.5 Å². The van der Waals surface area contributed by atoms with Crippen molar-refractivity contribution in [3.63, 3.8) is 0 Å². The van der Waals surface area contributed by atoms with E-state index >= 15 is 0 Å². The summed E-state index contributed by atoms with van der Waals surface area (Å²) >= 11 is 1.39. The number of hydrogen-bond donors (Lipinski definition) is 1. The molecule has 2 amide bonds. The molecule has 8 heteroatoms. The molecular weight excluding hydrogens is 424 g/mol. The van der Waals surface area contributed by atoms with Crippen molar-refractivity contribution in [2.45, 2.75) is 26.9 Å². The van der Waals surface area contributed by atoms with Crippen LogP contribution in [0.25, 0.3) is 0 Å². The van der Waals surface area contributed by atoms with Gasteiger partial charge in [-0.15, -0.1) is 11.3 Å². The number of anilines is 3. The minimum absolute atomic E-state index is 0.0749. The van der Waals surface area contributed by atoms with Crippen LogP contribution in [-0.2, 0) is 9.53 Å². The Morgan fingerprint density at radius 3 is 2.59 bits per heavy atom. The second-order valence-corrected chi connectivity index (χ2v) is 8.57. The van der Waals surface area contributed by atoms with Gasteiger partial charge in [-0.25, -0.2) is 4.98 Å². The van der Waals surface area contributed by atoms with Gasteiger partial charge in [0.25, 0.3) is 5.91 Å². The quantitative estimate of drug-likeness (QED) is 0.591. The number of thiazole rings is 1. The van der Waals surface area contributed by atoms with Crippen molar-refractivity contribution in [3.05, 3.63) is 70.2 Å². The van der Waals surface area contributed by atoms with Gasteiger partial charge in [0.15, 0.2) is 5.13 Å². The first-order valence-electron chi connectivity index (χ1n) is 10.4. The Bertz CT molecular complexity index is 1140. The van der Waals surface area contributed by atoms with Gasteiger partial charge in [0, 0.05) is 31.6 Å². The van der Waals surface area contributed by atoms with E-state index in [1.54, 1.807) is 16.9 Å². The van der Waals surface area contributed by atoms with Crippen molar-refractivity contribution in [2.75, 3.05) is 30.5 Å². The number of carbonyl (C=O) groups excluding carboxylic acids is 2. The predicted molar refractivity (Wildman–Crippen MR) is 127 cm³/mol. The molecule has 1 atom stereocenters. The highest BCUT2D eigenvalue weighted by molar-refractivity contribution is 7.14. The molecule has 1 aliphatic rings. The average molecular weight is 451 g/mol. The number of ether oxygens (including phenoxy) is 1. The fourth-order valence-electron chi connectivity index (χ4n) is 4.00. The molecule has 1 aromatic heterocycles. The fourth-order valence-corrected chi connectivity index (χ4v) is 4.89. The van der Waals surface area contributed by atoms with Crippen molar-refractivity contribution >= 4 is 39.7 Å². The smallest absolute Gasteiger partial charge is 0.257 e. The predicted octanol–water partition coefficient (Wildman–Crippen LogP) is 4.66. The number of nitrogens with one attached hydrogen (secondary N) is 1. The Balaban J connectivity index is 1.74. The number of carbonyl (C=O) groups is 2. The summed E-state index contributed by atoms with van der Waals surface area (Å²) < 4.78 is 5.23. The number of methoxy groups -OCH3 is 1. The molecule has 4 rings (SSSR count).